The Morgan fingerprint density at radius 2 is 1.88 bits per heavy atom. The van der Waals surface area contributed by atoms with E-state index in [0.29, 0.717) is 5.92 Å². The van der Waals surface area contributed by atoms with Crippen LogP contribution >= 0.6 is 15.9 Å². The van der Waals surface area contributed by atoms with Gasteiger partial charge in [0.15, 0.2) is 0 Å². The highest BCUT2D eigenvalue weighted by Gasteiger charge is 2.14. The molecule has 0 aromatic heterocycles. The number of ether oxygens (including phenoxy) is 3. The molecule has 0 N–H and O–H groups in total. The molecule has 5 heteroatoms. The van der Waals surface area contributed by atoms with E-state index in [1.807, 2.05) is 37.3 Å². The standard InChI is InChI=1S/C20H23BrO4/c1-12(2)16-11-15(6-7-18(16)23-4)25-20-13(3)8-14(9-17(20)21)10-19(22)24-5/h6-9,11-12H,10H2,1-5H3. The quantitative estimate of drug-likeness (QED) is 0.602. The van der Waals surface area contributed by atoms with Crippen molar-refractivity contribution in [1.82, 2.24) is 0 Å². The molecule has 0 fully saturated rings. The molecule has 2 aromatic carbocycles. The van der Waals surface area contributed by atoms with E-state index in [4.69, 9.17) is 14.2 Å². The fourth-order valence-corrected chi connectivity index (χ4v) is 3.30. The van der Waals surface area contributed by atoms with Crippen molar-refractivity contribution in [1.29, 1.82) is 0 Å². The van der Waals surface area contributed by atoms with Crippen LogP contribution in [0.5, 0.6) is 17.2 Å². The predicted octanol–water partition coefficient (Wildman–Crippen LogP) is 5.40. The van der Waals surface area contributed by atoms with Crippen molar-refractivity contribution in [2.45, 2.75) is 33.1 Å². The third kappa shape index (κ3) is 4.75. The average Bonchev–Trinajstić information content (AvgIpc) is 2.57. The number of esters is 1. The van der Waals surface area contributed by atoms with Gasteiger partial charge in [-0.05, 0) is 64.2 Å². The SMILES string of the molecule is COC(=O)Cc1cc(C)c(Oc2ccc(OC)c(C(C)C)c2)c(Br)c1. The minimum atomic E-state index is -0.267. The lowest BCUT2D eigenvalue weighted by molar-refractivity contribution is -0.139. The van der Waals surface area contributed by atoms with Gasteiger partial charge in [0.25, 0.3) is 0 Å². The van der Waals surface area contributed by atoms with Crippen molar-refractivity contribution >= 4 is 21.9 Å². The van der Waals surface area contributed by atoms with Gasteiger partial charge in [-0.2, -0.15) is 0 Å². The number of halogens is 1. The first-order valence-corrected chi connectivity index (χ1v) is 8.86. The Labute approximate surface area is 157 Å². The van der Waals surface area contributed by atoms with Gasteiger partial charge in [-0.3, -0.25) is 4.79 Å². The molecule has 0 saturated carbocycles. The third-order valence-corrected chi connectivity index (χ3v) is 4.50. The molecule has 0 aliphatic heterocycles. The van der Waals surface area contributed by atoms with Gasteiger partial charge in [0.05, 0.1) is 25.1 Å². The Morgan fingerprint density at radius 1 is 1.16 bits per heavy atom. The molecule has 0 unspecified atom stereocenters. The molecule has 2 aromatic rings. The third-order valence-electron chi connectivity index (χ3n) is 3.91. The number of hydrogen-bond donors (Lipinski definition) is 0. The zero-order valence-corrected chi connectivity index (χ0v) is 16.8. The second kappa shape index (κ2) is 8.39. The van der Waals surface area contributed by atoms with E-state index in [9.17, 15) is 4.79 Å². The summed E-state index contributed by atoms with van der Waals surface area (Å²) in [5.41, 5.74) is 2.91. The minimum absolute atomic E-state index is 0.232. The number of benzene rings is 2. The zero-order chi connectivity index (χ0) is 18.6. The Kier molecular flexibility index (Phi) is 6.48. The molecule has 0 heterocycles. The Hall–Kier alpha value is -2.01. The van der Waals surface area contributed by atoms with E-state index in [2.05, 4.69) is 29.8 Å². The molecule has 0 bridgehead atoms. The van der Waals surface area contributed by atoms with E-state index < -0.39 is 0 Å². The average molecular weight is 407 g/mol. The predicted molar refractivity (Wildman–Crippen MR) is 102 cm³/mol. The number of carbonyl (C=O) groups is 1. The Morgan fingerprint density at radius 3 is 2.44 bits per heavy atom. The Balaban J connectivity index is 2.31. The lowest BCUT2D eigenvalue weighted by Crippen LogP contribution is -2.05. The van der Waals surface area contributed by atoms with Crippen molar-refractivity contribution in [3.8, 4) is 17.2 Å². The fraction of sp³-hybridized carbons (Fsp3) is 0.350. The lowest BCUT2D eigenvalue weighted by Gasteiger charge is -2.16. The Bertz CT molecular complexity index is 745. The smallest absolute Gasteiger partial charge is 0.309 e. The molecule has 4 nitrogen and oxygen atoms in total. The molecule has 0 aliphatic carbocycles. The van der Waals surface area contributed by atoms with Crippen LogP contribution in [0.4, 0.5) is 0 Å². The van der Waals surface area contributed by atoms with Crippen LogP contribution in [0, 0.1) is 6.92 Å². The summed E-state index contributed by atoms with van der Waals surface area (Å²) >= 11 is 3.54. The number of carbonyl (C=O) groups excluding carboxylic acids is 1. The molecule has 25 heavy (non-hydrogen) atoms. The van der Waals surface area contributed by atoms with Gasteiger partial charge < -0.3 is 14.2 Å². The molecule has 0 saturated heterocycles. The zero-order valence-electron chi connectivity index (χ0n) is 15.2. The van der Waals surface area contributed by atoms with Crippen LogP contribution in [-0.2, 0) is 16.0 Å². The van der Waals surface area contributed by atoms with Crippen LogP contribution in [0.25, 0.3) is 0 Å². The summed E-state index contributed by atoms with van der Waals surface area (Å²) in [5.74, 6) is 2.39. The van der Waals surface area contributed by atoms with Crippen LogP contribution in [0.3, 0.4) is 0 Å². The van der Waals surface area contributed by atoms with Gasteiger partial charge in [0, 0.05) is 5.56 Å². The van der Waals surface area contributed by atoms with Crippen molar-refractivity contribution in [2.24, 2.45) is 0 Å². The highest BCUT2D eigenvalue weighted by molar-refractivity contribution is 9.10. The highest BCUT2D eigenvalue weighted by Crippen LogP contribution is 2.37. The molecule has 0 radical (unpaired) electrons. The van der Waals surface area contributed by atoms with E-state index in [-0.39, 0.29) is 12.4 Å². The van der Waals surface area contributed by atoms with Crippen LogP contribution in [0.2, 0.25) is 0 Å². The van der Waals surface area contributed by atoms with Gasteiger partial charge in [-0.25, -0.2) is 0 Å². The maximum atomic E-state index is 11.5. The van der Waals surface area contributed by atoms with Crippen molar-refractivity contribution in [3.63, 3.8) is 0 Å². The second-order valence-corrected chi connectivity index (χ2v) is 6.99. The first kappa shape index (κ1) is 19.3. The molecule has 0 atom stereocenters. The van der Waals surface area contributed by atoms with E-state index >= 15 is 0 Å². The number of rotatable bonds is 6. The minimum Gasteiger partial charge on any atom is -0.496 e. The fourth-order valence-electron chi connectivity index (χ4n) is 2.62. The molecular weight excluding hydrogens is 384 g/mol. The first-order valence-electron chi connectivity index (χ1n) is 8.07. The molecule has 0 spiro atoms. The largest absolute Gasteiger partial charge is 0.496 e. The van der Waals surface area contributed by atoms with Crippen LogP contribution in [0.15, 0.2) is 34.8 Å². The normalized spacial score (nSPS) is 10.7. The van der Waals surface area contributed by atoms with Gasteiger partial charge in [0.1, 0.15) is 17.2 Å². The molecule has 0 aliphatic rings. The topological polar surface area (TPSA) is 44.8 Å². The monoisotopic (exact) mass is 406 g/mol. The summed E-state index contributed by atoms with van der Waals surface area (Å²) in [4.78, 5) is 11.5. The summed E-state index contributed by atoms with van der Waals surface area (Å²) in [6, 6.07) is 9.62. The number of methoxy groups -OCH3 is 2. The number of hydrogen-bond acceptors (Lipinski definition) is 4. The molecule has 134 valence electrons. The van der Waals surface area contributed by atoms with Crippen molar-refractivity contribution < 1.29 is 19.0 Å². The van der Waals surface area contributed by atoms with Crippen molar-refractivity contribution in [2.75, 3.05) is 14.2 Å². The second-order valence-electron chi connectivity index (χ2n) is 6.14. The van der Waals surface area contributed by atoms with E-state index in [1.54, 1.807) is 7.11 Å². The van der Waals surface area contributed by atoms with Gasteiger partial charge >= 0.3 is 5.97 Å². The van der Waals surface area contributed by atoms with Gasteiger partial charge in [-0.15, -0.1) is 0 Å². The van der Waals surface area contributed by atoms with Crippen LogP contribution in [-0.4, -0.2) is 20.2 Å². The van der Waals surface area contributed by atoms with Crippen LogP contribution in [0.1, 0.15) is 36.5 Å². The maximum absolute atomic E-state index is 11.5. The molecular formula is C20H23BrO4. The van der Waals surface area contributed by atoms with Crippen LogP contribution < -0.4 is 9.47 Å². The highest BCUT2D eigenvalue weighted by atomic mass is 79.9. The maximum Gasteiger partial charge on any atom is 0.309 e. The summed E-state index contributed by atoms with van der Waals surface area (Å²) in [6.07, 6.45) is 0.232. The van der Waals surface area contributed by atoms with E-state index in [0.717, 1.165) is 38.4 Å². The van der Waals surface area contributed by atoms with Crippen molar-refractivity contribution in [3.05, 3.63) is 51.5 Å². The first-order chi connectivity index (χ1) is 11.8. The molecule has 2 rings (SSSR count). The summed E-state index contributed by atoms with van der Waals surface area (Å²) in [5, 5.41) is 0. The van der Waals surface area contributed by atoms with E-state index in [1.165, 1.54) is 7.11 Å². The summed E-state index contributed by atoms with van der Waals surface area (Å²) < 4.78 is 17.0. The molecule has 0 amide bonds. The summed E-state index contributed by atoms with van der Waals surface area (Å²) in [7, 11) is 3.06. The lowest BCUT2D eigenvalue weighted by atomic mass is 10.0. The summed E-state index contributed by atoms with van der Waals surface area (Å²) in [6.45, 7) is 6.18. The van der Waals surface area contributed by atoms with Gasteiger partial charge in [-0.1, -0.05) is 19.9 Å². The number of aryl methyl sites for hydroxylation is 1. The van der Waals surface area contributed by atoms with Gasteiger partial charge in [0.2, 0.25) is 0 Å².